The maximum absolute atomic E-state index is 10.9. The van der Waals surface area contributed by atoms with Crippen LogP contribution in [0, 0.1) is 0 Å². The Hall–Kier alpha value is -1.23. The van der Waals surface area contributed by atoms with E-state index in [1.807, 2.05) is 0 Å². The highest BCUT2D eigenvalue weighted by Crippen LogP contribution is 2.33. The van der Waals surface area contributed by atoms with E-state index in [-0.39, 0.29) is 5.56 Å². The molecule has 0 atom stereocenters. The highest BCUT2D eigenvalue weighted by Gasteiger charge is 2.10. The summed E-state index contributed by atoms with van der Waals surface area (Å²) in [6.07, 6.45) is 0. The number of hydrogen-bond donors (Lipinski definition) is 1. The second-order valence-electron chi connectivity index (χ2n) is 3.62. The lowest BCUT2D eigenvalue weighted by Crippen LogP contribution is -1.97. The van der Waals surface area contributed by atoms with Crippen molar-refractivity contribution in [1.82, 2.24) is 0 Å². The van der Waals surface area contributed by atoms with Crippen LogP contribution in [-0.4, -0.2) is 11.1 Å². The van der Waals surface area contributed by atoms with Crippen LogP contribution >= 0.6 is 39.1 Å². The molecule has 0 aliphatic carbocycles. The maximum atomic E-state index is 10.9. The molecule has 0 amide bonds. The third kappa shape index (κ3) is 3.41. The van der Waals surface area contributed by atoms with Crippen LogP contribution in [0.1, 0.15) is 10.4 Å². The van der Waals surface area contributed by atoms with Gasteiger partial charge >= 0.3 is 5.97 Å². The van der Waals surface area contributed by atoms with Gasteiger partial charge in [0.15, 0.2) is 0 Å². The topological polar surface area (TPSA) is 46.5 Å². The van der Waals surface area contributed by atoms with Crippen LogP contribution in [0.15, 0.2) is 40.9 Å². The summed E-state index contributed by atoms with van der Waals surface area (Å²) in [6, 6.07) is 9.41. The van der Waals surface area contributed by atoms with Gasteiger partial charge in [-0.1, -0.05) is 23.2 Å². The van der Waals surface area contributed by atoms with E-state index >= 15 is 0 Å². The van der Waals surface area contributed by atoms with Crippen molar-refractivity contribution in [3.8, 4) is 11.5 Å². The predicted octanol–water partition coefficient (Wildman–Crippen LogP) is 5.25. The normalized spacial score (nSPS) is 10.3. The Morgan fingerprint density at radius 1 is 1.16 bits per heavy atom. The SMILES string of the molecule is O=C(O)c1ccc(Oc2cc(Cl)ccc2Cl)cc1Br. The molecular formula is C13H7BrCl2O3. The highest BCUT2D eigenvalue weighted by molar-refractivity contribution is 9.10. The summed E-state index contributed by atoms with van der Waals surface area (Å²) in [5.41, 5.74) is 0.157. The van der Waals surface area contributed by atoms with Gasteiger partial charge in [-0.25, -0.2) is 4.79 Å². The van der Waals surface area contributed by atoms with Gasteiger partial charge in [0.25, 0.3) is 0 Å². The van der Waals surface area contributed by atoms with E-state index in [9.17, 15) is 4.79 Å². The number of carboxylic acid groups (broad SMARTS) is 1. The summed E-state index contributed by atoms with van der Waals surface area (Å²) in [7, 11) is 0. The first kappa shape index (κ1) is 14.2. The van der Waals surface area contributed by atoms with Crippen LogP contribution in [0.5, 0.6) is 11.5 Å². The van der Waals surface area contributed by atoms with Gasteiger partial charge < -0.3 is 9.84 Å². The molecule has 0 saturated heterocycles. The van der Waals surface area contributed by atoms with Crippen molar-refractivity contribution < 1.29 is 14.6 Å². The number of halogens is 3. The molecule has 19 heavy (non-hydrogen) atoms. The fourth-order valence-electron chi connectivity index (χ4n) is 1.42. The van der Waals surface area contributed by atoms with Crippen LogP contribution in [-0.2, 0) is 0 Å². The first-order chi connectivity index (χ1) is 8.97. The van der Waals surface area contributed by atoms with Crippen molar-refractivity contribution in [2.75, 3.05) is 0 Å². The second kappa shape index (κ2) is 5.82. The average molecular weight is 362 g/mol. The molecule has 0 unspecified atom stereocenters. The van der Waals surface area contributed by atoms with E-state index in [4.69, 9.17) is 33.0 Å². The molecule has 6 heteroatoms. The summed E-state index contributed by atoms with van der Waals surface area (Å²) in [6.45, 7) is 0. The van der Waals surface area contributed by atoms with E-state index in [2.05, 4.69) is 15.9 Å². The van der Waals surface area contributed by atoms with Crippen molar-refractivity contribution in [1.29, 1.82) is 0 Å². The first-order valence-corrected chi connectivity index (χ1v) is 6.68. The number of benzene rings is 2. The van der Waals surface area contributed by atoms with Gasteiger partial charge in [-0.05, 0) is 46.3 Å². The Kier molecular flexibility index (Phi) is 4.34. The summed E-state index contributed by atoms with van der Waals surface area (Å²) < 4.78 is 5.99. The standard InChI is InChI=1S/C13H7BrCl2O3/c14-10-6-8(2-3-9(10)13(17)18)19-12-5-7(15)1-4-11(12)16/h1-6H,(H,17,18). The van der Waals surface area contributed by atoms with Gasteiger partial charge in [0.2, 0.25) is 0 Å². The van der Waals surface area contributed by atoms with Gasteiger partial charge in [0.1, 0.15) is 11.5 Å². The molecule has 98 valence electrons. The summed E-state index contributed by atoms with van der Waals surface area (Å²) >= 11 is 15.0. The van der Waals surface area contributed by atoms with E-state index < -0.39 is 5.97 Å². The van der Waals surface area contributed by atoms with Gasteiger partial charge in [-0.15, -0.1) is 0 Å². The number of hydrogen-bond acceptors (Lipinski definition) is 2. The van der Waals surface area contributed by atoms with E-state index in [1.165, 1.54) is 6.07 Å². The molecule has 0 spiro atoms. The molecule has 0 radical (unpaired) electrons. The molecule has 3 nitrogen and oxygen atoms in total. The molecule has 2 rings (SSSR count). The number of aromatic carboxylic acids is 1. The Balaban J connectivity index is 2.31. The fraction of sp³-hybridized carbons (Fsp3) is 0. The molecule has 0 heterocycles. The molecule has 0 aromatic heterocycles. The average Bonchev–Trinajstić information content (AvgIpc) is 2.33. The van der Waals surface area contributed by atoms with Crippen molar-refractivity contribution in [2.24, 2.45) is 0 Å². The predicted molar refractivity (Wildman–Crippen MR) is 77.6 cm³/mol. The lowest BCUT2D eigenvalue weighted by molar-refractivity contribution is 0.0696. The Labute approximate surface area is 127 Å². The summed E-state index contributed by atoms with van der Waals surface area (Å²) in [4.78, 5) is 10.9. The fourth-order valence-corrected chi connectivity index (χ4v) is 2.26. The van der Waals surface area contributed by atoms with Crippen molar-refractivity contribution in [3.63, 3.8) is 0 Å². The van der Waals surface area contributed by atoms with Crippen molar-refractivity contribution in [3.05, 3.63) is 56.5 Å². The number of carboxylic acids is 1. The maximum Gasteiger partial charge on any atom is 0.336 e. The lowest BCUT2D eigenvalue weighted by atomic mass is 10.2. The van der Waals surface area contributed by atoms with E-state index in [0.29, 0.717) is 26.0 Å². The van der Waals surface area contributed by atoms with Crippen LogP contribution in [0.3, 0.4) is 0 Å². The largest absolute Gasteiger partial charge is 0.478 e. The smallest absolute Gasteiger partial charge is 0.336 e. The van der Waals surface area contributed by atoms with Crippen LogP contribution in [0.25, 0.3) is 0 Å². The number of ether oxygens (including phenoxy) is 1. The summed E-state index contributed by atoms with van der Waals surface area (Å²) in [5, 5.41) is 9.84. The van der Waals surface area contributed by atoms with Crippen LogP contribution < -0.4 is 4.74 Å². The molecule has 0 fully saturated rings. The molecule has 2 aromatic carbocycles. The van der Waals surface area contributed by atoms with Gasteiger partial charge in [-0.3, -0.25) is 0 Å². The second-order valence-corrected chi connectivity index (χ2v) is 5.32. The number of rotatable bonds is 3. The van der Waals surface area contributed by atoms with Gasteiger partial charge in [0.05, 0.1) is 10.6 Å². The zero-order valence-electron chi connectivity index (χ0n) is 9.36. The van der Waals surface area contributed by atoms with Crippen molar-refractivity contribution >= 4 is 45.1 Å². The van der Waals surface area contributed by atoms with Crippen LogP contribution in [0.4, 0.5) is 0 Å². The third-order valence-electron chi connectivity index (χ3n) is 2.29. The minimum absolute atomic E-state index is 0.157. The van der Waals surface area contributed by atoms with E-state index in [0.717, 1.165) is 0 Å². The Morgan fingerprint density at radius 3 is 2.53 bits per heavy atom. The monoisotopic (exact) mass is 360 g/mol. The van der Waals surface area contributed by atoms with Gasteiger partial charge in [0, 0.05) is 15.6 Å². The lowest BCUT2D eigenvalue weighted by Gasteiger charge is -2.09. The third-order valence-corrected chi connectivity index (χ3v) is 3.50. The molecule has 2 aromatic rings. The molecule has 0 aliphatic heterocycles. The molecule has 1 N–H and O–H groups in total. The Bertz CT molecular complexity index is 644. The quantitative estimate of drug-likeness (QED) is 0.812. The molecular weight excluding hydrogens is 355 g/mol. The Morgan fingerprint density at radius 2 is 1.89 bits per heavy atom. The van der Waals surface area contributed by atoms with E-state index in [1.54, 1.807) is 30.3 Å². The number of carbonyl (C=O) groups is 1. The molecule has 0 saturated carbocycles. The highest BCUT2D eigenvalue weighted by atomic mass is 79.9. The van der Waals surface area contributed by atoms with Crippen molar-refractivity contribution in [2.45, 2.75) is 0 Å². The molecule has 0 aliphatic rings. The zero-order valence-corrected chi connectivity index (χ0v) is 12.5. The first-order valence-electron chi connectivity index (χ1n) is 5.13. The zero-order chi connectivity index (χ0) is 14.0. The minimum Gasteiger partial charge on any atom is -0.478 e. The minimum atomic E-state index is -1.01. The van der Waals surface area contributed by atoms with Crippen LogP contribution in [0.2, 0.25) is 10.0 Å². The summed E-state index contributed by atoms with van der Waals surface area (Å²) in [5.74, 6) is -0.149. The van der Waals surface area contributed by atoms with Gasteiger partial charge in [-0.2, -0.15) is 0 Å². The molecule has 0 bridgehead atoms.